The first kappa shape index (κ1) is 35.5. The summed E-state index contributed by atoms with van der Waals surface area (Å²) in [4.78, 5) is 20.7. The van der Waals surface area contributed by atoms with Gasteiger partial charge in [-0.3, -0.25) is 9.78 Å². The number of hydrogen-bond donors (Lipinski definition) is 1. The molecule has 1 atom stereocenters. The van der Waals surface area contributed by atoms with Gasteiger partial charge < -0.3 is 19.7 Å². The number of anilines is 1. The molecule has 1 fully saturated rings. The van der Waals surface area contributed by atoms with Crippen molar-refractivity contribution in [3.63, 3.8) is 0 Å². The van der Waals surface area contributed by atoms with Crippen LogP contribution in [0.25, 0.3) is 10.9 Å². The molecule has 1 N–H and O–H groups in total. The molecule has 236 valence electrons. The summed E-state index contributed by atoms with van der Waals surface area (Å²) in [7, 11) is 3.27. The lowest BCUT2D eigenvalue weighted by Crippen LogP contribution is -2.36. The Morgan fingerprint density at radius 1 is 1.00 bits per heavy atom. The first-order valence-electron chi connectivity index (χ1n) is 14.9. The summed E-state index contributed by atoms with van der Waals surface area (Å²) in [5.41, 5.74) is 6.84. The predicted octanol–water partition coefficient (Wildman–Crippen LogP) is 8.01. The van der Waals surface area contributed by atoms with Crippen LogP contribution >= 0.6 is 48.8 Å². The SMILES string of the molecule is COc1cc2c(cc1OC)C(=O)C(CC1CCN(CCCNc3c4c(nc5cc(Cl)ccc35)CCCC4)CC1)C2.Cl.Cl.Cl. The van der Waals surface area contributed by atoms with Gasteiger partial charge in [0.2, 0.25) is 0 Å². The fraction of sp³-hybridized carbons (Fsp3) is 0.515. The Labute approximate surface area is 278 Å². The highest BCUT2D eigenvalue weighted by Gasteiger charge is 2.34. The fourth-order valence-corrected chi connectivity index (χ4v) is 7.22. The van der Waals surface area contributed by atoms with E-state index in [-0.39, 0.29) is 48.9 Å². The second-order valence-electron chi connectivity index (χ2n) is 11.7. The van der Waals surface area contributed by atoms with E-state index in [4.69, 9.17) is 26.1 Å². The van der Waals surface area contributed by atoms with Gasteiger partial charge in [-0.1, -0.05) is 11.6 Å². The maximum Gasteiger partial charge on any atom is 0.166 e. The number of fused-ring (bicyclic) bond motifs is 3. The molecule has 0 saturated carbocycles. The molecule has 0 amide bonds. The number of nitrogens with one attached hydrogen (secondary N) is 1. The second-order valence-corrected chi connectivity index (χ2v) is 12.1. The molecular weight excluding hydrogens is 628 g/mol. The van der Waals surface area contributed by atoms with Gasteiger partial charge in [-0.2, -0.15) is 0 Å². The number of hydrogen-bond acceptors (Lipinski definition) is 6. The molecule has 1 aromatic heterocycles. The minimum Gasteiger partial charge on any atom is -0.493 e. The molecule has 6 nitrogen and oxygen atoms in total. The highest BCUT2D eigenvalue weighted by Crippen LogP contribution is 2.40. The minimum absolute atomic E-state index is 0. The van der Waals surface area contributed by atoms with Gasteiger partial charge in [0.05, 0.1) is 19.7 Å². The third kappa shape index (κ3) is 7.65. The molecule has 0 spiro atoms. The number of likely N-dealkylation sites (tertiary alicyclic amines) is 1. The molecule has 2 aromatic carbocycles. The van der Waals surface area contributed by atoms with Gasteiger partial charge in [-0.05, 0) is 125 Å². The Bertz CT molecular complexity index is 1410. The first-order chi connectivity index (χ1) is 19.5. The zero-order valence-corrected chi connectivity index (χ0v) is 28.2. The zero-order chi connectivity index (χ0) is 27.6. The van der Waals surface area contributed by atoms with Crippen molar-refractivity contribution in [2.75, 3.05) is 45.7 Å². The highest BCUT2D eigenvalue weighted by molar-refractivity contribution is 6.31. The van der Waals surface area contributed by atoms with Crippen molar-refractivity contribution in [1.29, 1.82) is 0 Å². The third-order valence-corrected chi connectivity index (χ3v) is 9.45. The summed E-state index contributed by atoms with van der Waals surface area (Å²) in [5.74, 6) is 2.32. The standard InChI is InChI=1S/C33H40ClN3O3.3ClH/c1-39-30-18-22-17-23(33(38)27(22)20-31(30)40-2)16-21-10-14-37(15-11-21)13-5-12-35-32-25-6-3-4-7-28(25)36-29-19-24(34)8-9-26(29)32;;;/h8-9,18-21,23H,3-7,10-17H2,1-2H3,(H,35,36);3*1H. The van der Waals surface area contributed by atoms with Crippen LogP contribution in [0.4, 0.5) is 5.69 Å². The molecule has 1 aliphatic heterocycles. The fourth-order valence-electron chi connectivity index (χ4n) is 7.05. The molecule has 0 bridgehead atoms. The number of halogens is 4. The molecule has 0 radical (unpaired) electrons. The minimum atomic E-state index is 0. The lowest BCUT2D eigenvalue weighted by Gasteiger charge is -2.33. The smallest absolute Gasteiger partial charge is 0.166 e. The Kier molecular flexibility index (Phi) is 13.1. The van der Waals surface area contributed by atoms with Gasteiger partial charge in [0, 0.05) is 39.8 Å². The van der Waals surface area contributed by atoms with Crippen LogP contribution in [0.15, 0.2) is 30.3 Å². The van der Waals surface area contributed by atoms with Gasteiger partial charge in [-0.15, -0.1) is 37.2 Å². The molecule has 2 heterocycles. The number of carbonyl (C=O) groups excluding carboxylic acids is 1. The Hall–Kier alpha value is -1.96. The van der Waals surface area contributed by atoms with Crippen LogP contribution in [-0.4, -0.2) is 56.1 Å². The molecule has 43 heavy (non-hydrogen) atoms. The average molecular weight is 672 g/mol. The van der Waals surface area contributed by atoms with E-state index in [1.807, 2.05) is 24.3 Å². The number of carbonyl (C=O) groups is 1. The second kappa shape index (κ2) is 15.9. The zero-order valence-electron chi connectivity index (χ0n) is 25.0. The number of benzene rings is 2. The van der Waals surface area contributed by atoms with Crippen molar-refractivity contribution < 1.29 is 14.3 Å². The molecule has 1 unspecified atom stereocenters. The molecular formula is C33H43Cl4N3O3. The summed E-state index contributed by atoms with van der Waals surface area (Å²) in [6, 6.07) is 9.94. The number of aryl methyl sites for hydroxylation is 1. The Balaban J connectivity index is 0.00000169. The summed E-state index contributed by atoms with van der Waals surface area (Å²) in [6.07, 6.45) is 9.86. The molecule has 2 aliphatic carbocycles. The Morgan fingerprint density at radius 3 is 2.47 bits per heavy atom. The van der Waals surface area contributed by atoms with Crippen LogP contribution in [0.1, 0.15) is 65.7 Å². The van der Waals surface area contributed by atoms with Crippen molar-refractivity contribution in [2.45, 2.75) is 57.8 Å². The summed E-state index contributed by atoms with van der Waals surface area (Å²) >= 11 is 6.28. The topological polar surface area (TPSA) is 63.7 Å². The molecule has 10 heteroatoms. The van der Waals surface area contributed by atoms with Gasteiger partial charge in [0.1, 0.15) is 0 Å². The summed E-state index contributed by atoms with van der Waals surface area (Å²) in [5, 5.41) is 5.73. The largest absolute Gasteiger partial charge is 0.493 e. The van der Waals surface area contributed by atoms with E-state index in [1.165, 1.54) is 48.0 Å². The van der Waals surface area contributed by atoms with E-state index in [9.17, 15) is 4.79 Å². The van der Waals surface area contributed by atoms with Gasteiger partial charge in [-0.25, -0.2) is 0 Å². The van der Waals surface area contributed by atoms with Crippen LogP contribution < -0.4 is 14.8 Å². The van der Waals surface area contributed by atoms with E-state index in [2.05, 4.69) is 16.3 Å². The number of pyridine rings is 1. The normalized spacial score (nSPS) is 18.1. The van der Waals surface area contributed by atoms with Crippen molar-refractivity contribution in [1.82, 2.24) is 9.88 Å². The van der Waals surface area contributed by atoms with Crippen molar-refractivity contribution in [3.05, 3.63) is 57.7 Å². The first-order valence-corrected chi connectivity index (χ1v) is 15.3. The number of nitrogens with zero attached hydrogens (tertiary/aromatic N) is 2. The number of ether oxygens (including phenoxy) is 2. The monoisotopic (exact) mass is 669 g/mol. The van der Waals surface area contributed by atoms with Gasteiger partial charge >= 0.3 is 0 Å². The maximum absolute atomic E-state index is 13.2. The summed E-state index contributed by atoms with van der Waals surface area (Å²) < 4.78 is 10.9. The van der Waals surface area contributed by atoms with Crippen LogP contribution in [0.5, 0.6) is 11.5 Å². The molecule has 3 aromatic rings. The lowest BCUT2D eigenvalue weighted by atomic mass is 9.85. The quantitative estimate of drug-likeness (QED) is 0.233. The van der Waals surface area contributed by atoms with Crippen molar-refractivity contribution in [3.8, 4) is 11.5 Å². The number of methoxy groups -OCH3 is 2. The van der Waals surface area contributed by atoms with Gasteiger partial charge in [0.25, 0.3) is 0 Å². The Morgan fingerprint density at radius 2 is 1.72 bits per heavy atom. The van der Waals surface area contributed by atoms with E-state index in [0.29, 0.717) is 17.4 Å². The lowest BCUT2D eigenvalue weighted by molar-refractivity contribution is 0.0897. The maximum atomic E-state index is 13.2. The number of aromatic nitrogens is 1. The van der Waals surface area contributed by atoms with Crippen LogP contribution in [-0.2, 0) is 19.3 Å². The highest BCUT2D eigenvalue weighted by atomic mass is 35.5. The number of Topliss-reactive ketones (excluding diaryl/α,β-unsaturated/α-hetero) is 1. The van der Waals surface area contributed by atoms with Gasteiger partial charge in [0.15, 0.2) is 17.3 Å². The third-order valence-electron chi connectivity index (χ3n) is 9.21. The van der Waals surface area contributed by atoms with Crippen LogP contribution in [0.2, 0.25) is 5.02 Å². The van der Waals surface area contributed by atoms with Crippen molar-refractivity contribution >= 4 is 71.2 Å². The average Bonchev–Trinajstić information content (AvgIpc) is 3.28. The van der Waals surface area contributed by atoms with E-state index in [0.717, 1.165) is 79.9 Å². The van der Waals surface area contributed by atoms with Crippen LogP contribution in [0.3, 0.4) is 0 Å². The van der Waals surface area contributed by atoms with E-state index >= 15 is 0 Å². The molecule has 6 rings (SSSR count). The van der Waals surface area contributed by atoms with E-state index < -0.39 is 0 Å². The predicted molar refractivity (Wildman–Crippen MR) is 183 cm³/mol. The van der Waals surface area contributed by atoms with E-state index in [1.54, 1.807) is 14.2 Å². The van der Waals surface area contributed by atoms with Crippen LogP contribution in [0, 0.1) is 11.8 Å². The molecule has 3 aliphatic rings. The molecule has 1 saturated heterocycles. The number of rotatable bonds is 9. The number of ketones is 1. The van der Waals surface area contributed by atoms with Crippen molar-refractivity contribution in [2.24, 2.45) is 11.8 Å². The number of piperidine rings is 1. The summed E-state index contributed by atoms with van der Waals surface area (Å²) in [6.45, 7) is 4.29.